The van der Waals surface area contributed by atoms with Gasteiger partial charge in [0.05, 0.1) is 37.2 Å². The van der Waals surface area contributed by atoms with Crippen molar-refractivity contribution in [2.75, 3.05) is 51.1 Å². The standard InChI is InChI=1S/C17H23N3O4/c1-11-5-6-14(19(2)3)13(9-11)18-15-12(17(23)24-4)10-20(7-8-21)16(15)22/h5-6,9,18,21H,7-8,10H2,1-4H3. The van der Waals surface area contributed by atoms with E-state index in [1.54, 1.807) is 0 Å². The summed E-state index contributed by atoms with van der Waals surface area (Å²) in [6, 6.07) is 5.84. The number of rotatable bonds is 6. The van der Waals surface area contributed by atoms with Crippen LogP contribution in [0.15, 0.2) is 29.5 Å². The zero-order valence-electron chi connectivity index (χ0n) is 14.4. The predicted molar refractivity (Wildman–Crippen MR) is 91.8 cm³/mol. The molecule has 0 unspecified atom stereocenters. The van der Waals surface area contributed by atoms with Gasteiger partial charge in [0.25, 0.3) is 5.91 Å². The number of hydrogen-bond donors (Lipinski definition) is 2. The molecule has 0 radical (unpaired) electrons. The van der Waals surface area contributed by atoms with Crippen LogP contribution in [0.5, 0.6) is 0 Å². The number of carbonyl (C=O) groups is 2. The molecule has 7 nitrogen and oxygen atoms in total. The molecule has 1 amide bonds. The van der Waals surface area contributed by atoms with E-state index in [4.69, 9.17) is 9.84 Å². The molecule has 1 aliphatic rings. The van der Waals surface area contributed by atoms with Gasteiger partial charge in [-0.15, -0.1) is 0 Å². The minimum atomic E-state index is -0.551. The highest BCUT2D eigenvalue weighted by atomic mass is 16.5. The van der Waals surface area contributed by atoms with Crippen LogP contribution in [0.1, 0.15) is 5.56 Å². The number of aliphatic hydroxyl groups excluding tert-OH is 1. The lowest BCUT2D eigenvalue weighted by Gasteiger charge is -2.20. The fourth-order valence-electron chi connectivity index (χ4n) is 2.62. The summed E-state index contributed by atoms with van der Waals surface area (Å²) in [5.41, 5.74) is 3.12. The van der Waals surface area contributed by atoms with Gasteiger partial charge in [-0.1, -0.05) is 6.07 Å². The van der Waals surface area contributed by atoms with Crippen molar-refractivity contribution in [3.63, 3.8) is 0 Å². The molecule has 1 aromatic rings. The molecule has 0 saturated carbocycles. The summed E-state index contributed by atoms with van der Waals surface area (Å²) in [5.74, 6) is -0.874. The Bertz CT molecular complexity index is 682. The number of esters is 1. The largest absolute Gasteiger partial charge is 0.466 e. The normalized spacial score (nSPS) is 14.2. The summed E-state index contributed by atoms with van der Waals surface area (Å²) >= 11 is 0. The number of ether oxygens (including phenoxy) is 1. The lowest BCUT2D eigenvalue weighted by molar-refractivity contribution is -0.136. The van der Waals surface area contributed by atoms with Crippen LogP contribution >= 0.6 is 0 Å². The second kappa shape index (κ2) is 7.35. The Morgan fingerprint density at radius 2 is 2.12 bits per heavy atom. The number of aryl methyl sites for hydroxylation is 1. The van der Waals surface area contributed by atoms with Gasteiger partial charge in [-0.05, 0) is 24.6 Å². The average molecular weight is 333 g/mol. The fraction of sp³-hybridized carbons (Fsp3) is 0.412. The highest BCUT2D eigenvalue weighted by Crippen LogP contribution is 2.30. The van der Waals surface area contributed by atoms with E-state index in [-0.39, 0.29) is 36.9 Å². The van der Waals surface area contributed by atoms with Crippen LogP contribution in [0.4, 0.5) is 11.4 Å². The molecular weight excluding hydrogens is 310 g/mol. The van der Waals surface area contributed by atoms with E-state index in [9.17, 15) is 9.59 Å². The molecule has 2 rings (SSSR count). The number of β-amino-alcohol motifs (C(OH)–C–C–N with tert-alkyl or cyclic N) is 1. The number of benzene rings is 1. The quantitative estimate of drug-likeness (QED) is 0.747. The Labute approximate surface area is 141 Å². The van der Waals surface area contributed by atoms with Crippen molar-refractivity contribution in [3.05, 3.63) is 35.0 Å². The zero-order chi connectivity index (χ0) is 17.9. The third-order valence-corrected chi connectivity index (χ3v) is 3.85. The molecule has 2 N–H and O–H groups in total. The predicted octanol–water partition coefficient (Wildman–Crippen LogP) is 0.735. The highest BCUT2D eigenvalue weighted by molar-refractivity contribution is 6.09. The first-order valence-electron chi connectivity index (χ1n) is 7.65. The maximum absolute atomic E-state index is 12.6. The van der Waals surface area contributed by atoms with Crippen molar-refractivity contribution in [1.29, 1.82) is 0 Å². The van der Waals surface area contributed by atoms with Crippen LogP contribution in [-0.2, 0) is 14.3 Å². The molecular formula is C17H23N3O4. The summed E-state index contributed by atoms with van der Waals surface area (Å²) in [6.45, 7) is 2.08. The molecule has 0 fully saturated rings. The van der Waals surface area contributed by atoms with E-state index >= 15 is 0 Å². The van der Waals surface area contributed by atoms with Crippen molar-refractivity contribution < 1.29 is 19.4 Å². The molecule has 24 heavy (non-hydrogen) atoms. The van der Waals surface area contributed by atoms with Crippen LogP contribution in [-0.4, -0.2) is 62.8 Å². The van der Waals surface area contributed by atoms with Gasteiger partial charge in [-0.25, -0.2) is 4.79 Å². The topological polar surface area (TPSA) is 82.1 Å². The van der Waals surface area contributed by atoms with Gasteiger partial charge in [0.2, 0.25) is 0 Å². The van der Waals surface area contributed by atoms with Crippen molar-refractivity contribution in [1.82, 2.24) is 4.90 Å². The number of hydrogen-bond acceptors (Lipinski definition) is 6. The molecule has 1 aliphatic heterocycles. The Morgan fingerprint density at radius 1 is 1.42 bits per heavy atom. The zero-order valence-corrected chi connectivity index (χ0v) is 14.4. The SMILES string of the molecule is COC(=O)C1=C(Nc2cc(C)ccc2N(C)C)C(=O)N(CCO)C1. The molecule has 0 aliphatic carbocycles. The summed E-state index contributed by atoms with van der Waals surface area (Å²) in [6.07, 6.45) is 0. The molecule has 130 valence electrons. The van der Waals surface area contributed by atoms with Crippen molar-refractivity contribution in [2.24, 2.45) is 0 Å². The molecule has 7 heteroatoms. The number of methoxy groups -OCH3 is 1. The number of nitrogens with zero attached hydrogens (tertiary/aromatic N) is 2. The lowest BCUT2D eigenvalue weighted by Crippen LogP contribution is -2.31. The highest BCUT2D eigenvalue weighted by Gasteiger charge is 2.34. The molecule has 0 bridgehead atoms. The van der Waals surface area contributed by atoms with Gasteiger partial charge in [0.1, 0.15) is 5.70 Å². The van der Waals surface area contributed by atoms with Crippen molar-refractivity contribution >= 4 is 23.3 Å². The molecule has 0 atom stereocenters. The molecule has 1 aromatic carbocycles. The van der Waals surface area contributed by atoms with Crippen LogP contribution in [0.3, 0.4) is 0 Å². The monoisotopic (exact) mass is 333 g/mol. The van der Waals surface area contributed by atoms with Crippen molar-refractivity contribution in [3.8, 4) is 0 Å². The van der Waals surface area contributed by atoms with E-state index in [1.165, 1.54) is 12.0 Å². The summed E-state index contributed by atoms with van der Waals surface area (Å²) in [4.78, 5) is 27.9. The van der Waals surface area contributed by atoms with Gasteiger partial charge < -0.3 is 25.0 Å². The Hall–Kier alpha value is -2.54. The fourth-order valence-corrected chi connectivity index (χ4v) is 2.62. The number of nitrogens with one attached hydrogen (secondary N) is 1. The van der Waals surface area contributed by atoms with Gasteiger partial charge in [-0.2, -0.15) is 0 Å². The molecule has 0 aromatic heterocycles. The summed E-state index contributed by atoms with van der Waals surface area (Å²) in [7, 11) is 5.09. The van der Waals surface area contributed by atoms with Crippen LogP contribution < -0.4 is 10.2 Å². The Balaban J connectivity index is 2.42. The Kier molecular flexibility index (Phi) is 5.46. The number of amides is 1. The lowest BCUT2D eigenvalue weighted by atomic mass is 10.1. The van der Waals surface area contributed by atoms with Gasteiger partial charge >= 0.3 is 5.97 Å². The van der Waals surface area contributed by atoms with E-state index in [0.29, 0.717) is 0 Å². The summed E-state index contributed by atoms with van der Waals surface area (Å²) < 4.78 is 4.79. The minimum Gasteiger partial charge on any atom is -0.466 e. The maximum atomic E-state index is 12.6. The van der Waals surface area contributed by atoms with Gasteiger partial charge in [-0.3, -0.25) is 4.79 Å². The van der Waals surface area contributed by atoms with Crippen molar-refractivity contribution in [2.45, 2.75) is 6.92 Å². The summed E-state index contributed by atoms with van der Waals surface area (Å²) in [5, 5.41) is 12.2. The van der Waals surface area contributed by atoms with E-state index in [0.717, 1.165) is 16.9 Å². The van der Waals surface area contributed by atoms with Crippen LogP contribution in [0.25, 0.3) is 0 Å². The first-order valence-corrected chi connectivity index (χ1v) is 7.65. The number of anilines is 2. The minimum absolute atomic E-state index is 0.123. The number of aliphatic hydroxyl groups is 1. The Morgan fingerprint density at radius 3 is 2.71 bits per heavy atom. The molecule has 0 spiro atoms. The second-order valence-electron chi connectivity index (χ2n) is 5.84. The third kappa shape index (κ3) is 3.51. The molecule has 0 saturated heterocycles. The van der Waals surface area contributed by atoms with E-state index < -0.39 is 5.97 Å². The van der Waals surface area contributed by atoms with E-state index in [2.05, 4.69) is 5.32 Å². The van der Waals surface area contributed by atoms with Gasteiger partial charge in [0, 0.05) is 20.6 Å². The first kappa shape index (κ1) is 17.8. The third-order valence-electron chi connectivity index (χ3n) is 3.85. The smallest absolute Gasteiger partial charge is 0.337 e. The van der Waals surface area contributed by atoms with Gasteiger partial charge in [0.15, 0.2) is 0 Å². The van der Waals surface area contributed by atoms with E-state index in [1.807, 2.05) is 44.1 Å². The van der Waals surface area contributed by atoms with Crippen LogP contribution in [0, 0.1) is 6.92 Å². The average Bonchev–Trinajstić information content (AvgIpc) is 2.84. The molecule has 1 heterocycles. The maximum Gasteiger partial charge on any atom is 0.337 e. The number of carbonyl (C=O) groups excluding carboxylic acids is 2. The van der Waals surface area contributed by atoms with Crippen LogP contribution in [0.2, 0.25) is 0 Å². The first-order chi connectivity index (χ1) is 11.4. The second-order valence-corrected chi connectivity index (χ2v) is 5.84.